The number of aliphatic imine (C=N–C) groups is 1. The molecule has 17 heavy (non-hydrogen) atoms. The van der Waals surface area contributed by atoms with Crippen molar-refractivity contribution in [2.24, 2.45) is 10.9 Å². The second kappa shape index (κ2) is 4.29. The summed E-state index contributed by atoms with van der Waals surface area (Å²) in [5.41, 5.74) is 0.588. The summed E-state index contributed by atoms with van der Waals surface area (Å²) in [6.45, 7) is 1.67. The summed E-state index contributed by atoms with van der Waals surface area (Å²) in [7, 11) is 0. The number of carbonyl (C=O) groups excluding carboxylic acids is 2. The maximum atomic E-state index is 12.1. The van der Waals surface area contributed by atoms with E-state index in [9.17, 15) is 9.59 Å². The van der Waals surface area contributed by atoms with E-state index in [0.29, 0.717) is 5.56 Å². The lowest BCUT2D eigenvalue weighted by Crippen LogP contribution is -2.44. The van der Waals surface area contributed by atoms with Crippen LogP contribution in [0.1, 0.15) is 17.3 Å². The first-order valence-electron chi connectivity index (χ1n) is 5.17. The molecule has 86 valence electrons. The highest BCUT2D eigenvalue weighted by atomic mass is 16.2. The second-order valence-electron chi connectivity index (χ2n) is 3.76. The zero-order chi connectivity index (χ0) is 12.4. The Morgan fingerprint density at radius 1 is 1.35 bits per heavy atom. The Morgan fingerprint density at radius 3 is 2.65 bits per heavy atom. The van der Waals surface area contributed by atoms with Crippen molar-refractivity contribution in [2.75, 3.05) is 0 Å². The van der Waals surface area contributed by atoms with Crippen molar-refractivity contribution in [1.29, 1.82) is 5.41 Å². The van der Waals surface area contributed by atoms with Crippen molar-refractivity contribution >= 4 is 23.4 Å². The average molecular weight is 229 g/mol. The lowest BCUT2D eigenvalue weighted by atomic mass is 9.95. The van der Waals surface area contributed by atoms with E-state index in [1.807, 2.05) is 0 Å². The third kappa shape index (κ3) is 2.13. The summed E-state index contributed by atoms with van der Waals surface area (Å²) < 4.78 is 0. The molecule has 1 aromatic rings. The van der Waals surface area contributed by atoms with Crippen LogP contribution in [0.5, 0.6) is 0 Å². The van der Waals surface area contributed by atoms with Crippen LogP contribution in [0, 0.1) is 11.3 Å². The molecule has 0 saturated carbocycles. The summed E-state index contributed by atoms with van der Waals surface area (Å²) in [6, 6.07) is 7.95. The molecule has 0 fully saturated rings. The van der Waals surface area contributed by atoms with Gasteiger partial charge in [-0.25, -0.2) is 4.79 Å². The maximum absolute atomic E-state index is 12.1. The number of rotatable bonds is 2. The first-order chi connectivity index (χ1) is 8.09. The number of nitrogens with zero attached hydrogens (tertiary/aromatic N) is 1. The summed E-state index contributed by atoms with van der Waals surface area (Å²) in [5, 5.41) is 9.82. The Kier molecular flexibility index (Phi) is 2.82. The van der Waals surface area contributed by atoms with E-state index in [0.717, 1.165) is 0 Å². The number of Topliss-reactive ketones (excluding diaryl/α,β-unsaturated/α-hetero) is 1. The van der Waals surface area contributed by atoms with Crippen LogP contribution in [0.4, 0.5) is 4.79 Å². The number of ketones is 1. The van der Waals surface area contributed by atoms with Gasteiger partial charge in [0.2, 0.25) is 5.78 Å². The van der Waals surface area contributed by atoms with E-state index in [1.54, 1.807) is 37.3 Å². The number of benzene rings is 1. The third-order valence-corrected chi connectivity index (χ3v) is 2.58. The van der Waals surface area contributed by atoms with Gasteiger partial charge < -0.3 is 0 Å². The summed E-state index contributed by atoms with van der Waals surface area (Å²) in [4.78, 5) is 26.9. The highest BCUT2D eigenvalue weighted by Gasteiger charge is 2.29. The molecular formula is C12H11N3O2. The van der Waals surface area contributed by atoms with Gasteiger partial charge in [0.05, 0.1) is 5.92 Å². The van der Waals surface area contributed by atoms with Gasteiger partial charge >= 0.3 is 6.03 Å². The maximum Gasteiger partial charge on any atom is 0.346 e. The first kappa shape index (κ1) is 11.2. The quantitative estimate of drug-likeness (QED) is 0.756. The summed E-state index contributed by atoms with van der Waals surface area (Å²) in [5.74, 6) is -0.789. The van der Waals surface area contributed by atoms with Gasteiger partial charge in [0.15, 0.2) is 0 Å². The lowest BCUT2D eigenvalue weighted by molar-refractivity contribution is 0.106. The van der Waals surface area contributed by atoms with E-state index in [1.165, 1.54) is 0 Å². The Morgan fingerprint density at radius 2 is 2.00 bits per heavy atom. The van der Waals surface area contributed by atoms with Gasteiger partial charge in [0.1, 0.15) is 11.5 Å². The molecule has 0 saturated heterocycles. The van der Waals surface area contributed by atoms with Crippen LogP contribution in [0.15, 0.2) is 35.3 Å². The molecular weight excluding hydrogens is 218 g/mol. The molecule has 1 aliphatic rings. The first-order valence-corrected chi connectivity index (χ1v) is 5.17. The highest BCUT2D eigenvalue weighted by Crippen LogP contribution is 2.11. The molecule has 2 amide bonds. The average Bonchev–Trinajstić information content (AvgIpc) is 2.34. The van der Waals surface area contributed by atoms with Crippen molar-refractivity contribution in [3.05, 3.63) is 35.9 Å². The normalized spacial score (nSPS) is 19.6. The number of urea groups is 1. The van der Waals surface area contributed by atoms with Crippen LogP contribution < -0.4 is 5.32 Å². The van der Waals surface area contributed by atoms with Crippen molar-refractivity contribution in [3.63, 3.8) is 0 Å². The molecule has 0 radical (unpaired) electrons. The largest absolute Gasteiger partial charge is 0.346 e. The van der Waals surface area contributed by atoms with E-state index in [4.69, 9.17) is 5.41 Å². The molecule has 2 rings (SSSR count). The zero-order valence-electron chi connectivity index (χ0n) is 9.23. The predicted molar refractivity (Wildman–Crippen MR) is 63.6 cm³/mol. The van der Waals surface area contributed by atoms with Gasteiger partial charge in [-0.1, -0.05) is 30.3 Å². The Balaban J connectivity index is 2.37. The third-order valence-electron chi connectivity index (χ3n) is 2.58. The monoisotopic (exact) mass is 229 g/mol. The fourth-order valence-corrected chi connectivity index (χ4v) is 1.58. The van der Waals surface area contributed by atoms with E-state index < -0.39 is 11.9 Å². The predicted octanol–water partition coefficient (Wildman–Crippen LogP) is 1.65. The van der Waals surface area contributed by atoms with Gasteiger partial charge in [-0.05, 0) is 6.92 Å². The number of hydrogen-bond acceptors (Lipinski definition) is 3. The molecule has 1 aliphatic heterocycles. The summed E-state index contributed by atoms with van der Waals surface area (Å²) in [6.07, 6.45) is 0. The fourth-order valence-electron chi connectivity index (χ4n) is 1.58. The van der Waals surface area contributed by atoms with Crippen molar-refractivity contribution in [3.8, 4) is 0 Å². The molecule has 0 bridgehead atoms. The standard InChI is InChI=1S/C12H11N3O2/c1-7-9(14-12(17)15-11(7)13)10(16)8-5-3-2-4-6-8/h2-7H,1H3,(H2,13,15,17). The zero-order valence-corrected chi connectivity index (χ0v) is 9.23. The van der Waals surface area contributed by atoms with E-state index in [2.05, 4.69) is 10.3 Å². The number of hydrogen-bond donors (Lipinski definition) is 2. The highest BCUT2D eigenvalue weighted by molar-refractivity contribution is 6.51. The Hall–Kier alpha value is -2.30. The number of amidine groups is 1. The number of amides is 2. The minimum absolute atomic E-state index is 0.00396. The van der Waals surface area contributed by atoms with Crippen molar-refractivity contribution < 1.29 is 9.59 Å². The lowest BCUT2D eigenvalue weighted by Gasteiger charge is -2.19. The molecule has 0 aliphatic carbocycles. The molecule has 0 spiro atoms. The smallest absolute Gasteiger partial charge is 0.294 e. The van der Waals surface area contributed by atoms with E-state index >= 15 is 0 Å². The molecule has 5 heteroatoms. The topological polar surface area (TPSA) is 82.4 Å². The van der Waals surface area contributed by atoms with Crippen LogP contribution in [-0.4, -0.2) is 23.4 Å². The van der Waals surface area contributed by atoms with Crippen LogP contribution in [0.25, 0.3) is 0 Å². The molecule has 2 N–H and O–H groups in total. The summed E-state index contributed by atoms with van der Waals surface area (Å²) >= 11 is 0. The SMILES string of the molecule is CC1C(=N)NC(=O)N=C1C(=O)c1ccccc1. The molecule has 1 atom stereocenters. The Labute approximate surface area is 98.1 Å². The van der Waals surface area contributed by atoms with E-state index in [-0.39, 0.29) is 17.3 Å². The van der Waals surface area contributed by atoms with Gasteiger partial charge in [-0.2, -0.15) is 4.99 Å². The van der Waals surface area contributed by atoms with Gasteiger partial charge in [-0.15, -0.1) is 0 Å². The molecule has 1 heterocycles. The van der Waals surface area contributed by atoms with Crippen LogP contribution >= 0.6 is 0 Å². The minimum Gasteiger partial charge on any atom is -0.294 e. The van der Waals surface area contributed by atoms with Crippen molar-refractivity contribution in [1.82, 2.24) is 5.32 Å². The number of carbonyl (C=O) groups is 2. The molecule has 1 aromatic carbocycles. The molecule has 5 nitrogen and oxygen atoms in total. The van der Waals surface area contributed by atoms with Gasteiger partial charge in [0, 0.05) is 5.56 Å². The van der Waals surface area contributed by atoms with Gasteiger partial charge in [-0.3, -0.25) is 15.5 Å². The minimum atomic E-state index is -0.660. The fraction of sp³-hybridized carbons (Fsp3) is 0.167. The molecule has 0 aromatic heterocycles. The second-order valence-corrected chi connectivity index (χ2v) is 3.76. The number of nitrogens with one attached hydrogen (secondary N) is 2. The van der Waals surface area contributed by atoms with Crippen LogP contribution in [0.2, 0.25) is 0 Å². The van der Waals surface area contributed by atoms with Gasteiger partial charge in [0.25, 0.3) is 0 Å². The van der Waals surface area contributed by atoms with Crippen molar-refractivity contribution in [2.45, 2.75) is 6.92 Å². The molecule has 1 unspecified atom stereocenters. The van der Waals surface area contributed by atoms with Crippen LogP contribution in [0.3, 0.4) is 0 Å². The van der Waals surface area contributed by atoms with Crippen LogP contribution in [-0.2, 0) is 0 Å². The Bertz CT molecular complexity index is 520.